The van der Waals surface area contributed by atoms with E-state index in [1.165, 1.54) is 12.8 Å². The Morgan fingerprint density at radius 3 is 2.83 bits per heavy atom. The monoisotopic (exact) mass is 317 g/mol. The molecule has 1 aliphatic carbocycles. The van der Waals surface area contributed by atoms with E-state index in [0.29, 0.717) is 12.6 Å². The summed E-state index contributed by atoms with van der Waals surface area (Å²) < 4.78 is 0. The van der Waals surface area contributed by atoms with E-state index in [2.05, 4.69) is 22.1 Å². The van der Waals surface area contributed by atoms with Crippen molar-refractivity contribution < 1.29 is 4.79 Å². The molecule has 0 spiro atoms. The van der Waals surface area contributed by atoms with E-state index in [4.69, 9.17) is 0 Å². The maximum absolute atomic E-state index is 12.6. The number of aromatic nitrogens is 1. The van der Waals surface area contributed by atoms with Crippen molar-refractivity contribution in [3.8, 4) is 0 Å². The number of fused-ring (bicyclic) bond motifs is 1. The van der Waals surface area contributed by atoms with Crippen LogP contribution in [0.25, 0.3) is 0 Å². The molecule has 5 heteroatoms. The molecular formula is C18H27N3O2. The molecule has 5 nitrogen and oxygen atoms in total. The van der Waals surface area contributed by atoms with Gasteiger partial charge in [0.1, 0.15) is 0 Å². The molecule has 2 heterocycles. The summed E-state index contributed by atoms with van der Waals surface area (Å²) in [6, 6.07) is 2.10. The Labute approximate surface area is 137 Å². The highest BCUT2D eigenvalue weighted by atomic mass is 16.2. The highest BCUT2D eigenvalue weighted by Gasteiger charge is 2.28. The fraction of sp³-hybridized carbons (Fsp3) is 0.667. The normalized spacial score (nSPS) is 26.3. The van der Waals surface area contributed by atoms with Crippen molar-refractivity contribution in [1.29, 1.82) is 0 Å². The van der Waals surface area contributed by atoms with E-state index < -0.39 is 0 Å². The number of amides is 1. The lowest BCUT2D eigenvalue weighted by molar-refractivity contribution is -0.127. The molecule has 0 bridgehead atoms. The van der Waals surface area contributed by atoms with Gasteiger partial charge in [-0.15, -0.1) is 0 Å². The molecule has 2 aliphatic rings. The Kier molecular flexibility index (Phi) is 4.85. The van der Waals surface area contributed by atoms with E-state index in [9.17, 15) is 9.59 Å². The van der Waals surface area contributed by atoms with Crippen molar-refractivity contribution in [2.45, 2.75) is 64.6 Å². The van der Waals surface area contributed by atoms with Crippen LogP contribution >= 0.6 is 0 Å². The van der Waals surface area contributed by atoms with Crippen LogP contribution in [0.1, 0.15) is 50.7 Å². The standard InChI is InChI=1S/C18H27N3O2/c1-12-3-5-15(6-4-12)20-17(22)13(2)21-10-8-14-7-9-19-18(23)16(14)11-21/h7,9,12-13,15H,3-6,8,10-11H2,1-2H3,(H,19,23)(H,20,22)/t12?,13-,15?/m1/s1. The molecule has 1 aromatic rings. The van der Waals surface area contributed by atoms with Gasteiger partial charge in [0.15, 0.2) is 0 Å². The predicted octanol–water partition coefficient (Wildman–Crippen LogP) is 1.82. The fourth-order valence-electron chi connectivity index (χ4n) is 3.73. The number of rotatable bonds is 3. The average molecular weight is 317 g/mol. The van der Waals surface area contributed by atoms with Crippen LogP contribution in [0, 0.1) is 5.92 Å². The smallest absolute Gasteiger partial charge is 0.252 e. The van der Waals surface area contributed by atoms with Gasteiger partial charge in [-0.3, -0.25) is 14.5 Å². The van der Waals surface area contributed by atoms with E-state index >= 15 is 0 Å². The molecule has 126 valence electrons. The molecule has 1 saturated carbocycles. The first kappa shape index (κ1) is 16.2. The second kappa shape index (κ2) is 6.87. The van der Waals surface area contributed by atoms with Gasteiger partial charge in [0.05, 0.1) is 6.04 Å². The first-order valence-corrected chi connectivity index (χ1v) is 8.78. The molecule has 2 N–H and O–H groups in total. The number of H-pyrrole nitrogens is 1. The molecule has 0 radical (unpaired) electrons. The summed E-state index contributed by atoms with van der Waals surface area (Å²) >= 11 is 0. The lowest BCUT2D eigenvalue weighted by Crippen LogP contribution is -2.50. The largest absolute Gasteiger partial charge is 0.352 e. The zero-order valence-electron chi connectivity index (χ0n) is 14.1. The zero-order valence-corrected chi connectivity index (χ0v) is 14.1. The third-order valence-corrected chi connectivity index (χ3v) is 5.48. The summed E-state index contributed by atoms with van der Waals surface area (Å²) in [7, 11) is 0. The summed E-state index contributed by atoms with van der Waals surface area (Å²) in [5, 5.41) is 3.21. The molecule has 3 rings (SSSR count). The summed E-state index contributed by atoms with van der Waals surface area (Å²) in [5.74, 6) is 0.881. The van der Waals surface area contributed by atoms with Gasteiger partial charge >= 0.3 is 0 Å². The number of nitrogens with zero attached hydrogens (tertiary/aromatic N) is 1. The van der Waals surface area contributed by atoms with Gasteiger partial charge in [-0.05, 0) is 56.6 Å². The zero-order chi connectivity index (χ0) is 16.4. The third kappa shape index (κ3) is 3.66. The molecule has 0 saturated heterocycles. The molecule has 1 aromatic heterocycles. The molecular weight excluding hydrogens is 290 g/mol. The van der Waals surface area contributed by atoms with Crippen LogP contribution in [0.5, 0.6) is 0 Å². The summed E-state index contributed by atoms with van der Waals surface area (Å²) in [6.45, 7) is 5.61. The molecule has 0 unspecified atom stereocenters. The number of aromatic amines is 1. The number of hydrogen-bond acceptors (Lipinski definition) is 3. The third-order valence-electron chi connectivity index (χ3n) is 5.48. The van der Waals surface area contributed by atoms with E-state index in [-0.39, 0.29) is 17.5 Å². The van der Waals surface area contributed by atoms with Crippen molar-refractivity contribution in [2.24, 2.45) is 5.92 Å². The van der Waals surface area contributed by atoms with Gasteiger partial charge in [-0.1, -0.05) is 6.92 Å². The SMILES string of the molecule is CC1CCC(NC(=O)[C@@H](C)N2CCc3cc[nH]c(=O)c3C2)CC1. The van der Waals surface area contributed by atoms with Gasteiger partial charge < -0.3 is 10.3 Å². The van der Waals surface area contributed by atoms with Crippen molar-refractivity contribution in [1.82, 2.24) is 15.2 Å². The van der Waals surface area contributed by atoms with Crippen LogP contribution in [-0.2, 0) is 17.8 Å². The Balaban J connectivity index is 1.60. The Morgan fingerprint density at radius 2 is 2.09 bits per heavy atom. The number of nitrogens with one attached hydrogen (secondary N) is 2. The van der Waals surface area contributed by atoms with Gasteiger partial charge in [0.2, 0.25) is 5.91 Å². The van der Waals surface area contributed by atoms with Crippen molar-refractivity contribution in [2.75, 3.05) is 6.54 Å². The molecule has 1 aliphatic heterocycles. The average Bonchev–Trinajstić information content (AvgIpc) is 2.56. The first-order valence-electron chi connectivity index (χ1n) is 8.78. The van der Waals surface area contributed by atoms with E-state index in [0.717, 1.165) is 42.9 Å². The minimum absolute atomic E-state index is 0.0268. The highest BCUT2D eigenvalue weighted by Crippen LogP contribution is 2.24. The first-order chi connectivity index (χ1) is 11.0. The summed E-state index contributed by atoms with van der Waals surface area (Å²) in [4.78, 5) is 29.4. The summed E-state index contributed by atoms with van der Waals surface area (Å²) in [6.07, 6.45) is 7.11. The minimum Gasteiger partial charge on any atom is -0.352 e. The van der Waals surface area contributed by atoms with Gasteiger partial charge in [-0.25, -0.2) is 0 Å². The van der Waals surface area contributed by atoms with Gasteiger partial charge in [0.25, 0.3) is 5.56 Å². The van der Waals surface area contributed by atoms with Crippen LogP contribution in [0.2, 0.25) is 0 Å². The molecule has 1 fully saturated rings. The van der Waals surface area contributed by atoms with Gasteiger partial charge in [-0.2, -0.15) is 0 Å². The van der Waals surface area contributed by atoms with Crippen molar-refractivity contribution >= 4 is 5.91 Å². The van der Waals surface area contributed by atoms with E-state index in [1.807, 2.05) is 13.0 Å². The quantitative estimate of drug-likeness (QED) is 0.894. The lowest BCUT2D eigenvalue weighted by Gasteiger charge is -2.34. The summed E-state index contributed by atoms with van der Waals surface area (Å²) in [5.41, 5.74) is 1.89. The number of pyridine rings is 1. The Hall–Kier alpha value is -1.62. The van der Waals surface area contributed by atoms with Crippen molar-refractivity contribution in [3.63, 3.8) is 0 Å². The molecule has 0 aromatic carbocycles. The maximum Gasteiger partial charge on any atom is 0.252 e. The van der Waals surface area contributed by atoms with Crippen LogP contribution in [0.4, 0.5) is 0 Å². The Bertz CT molecular complexity index is 617. The number of carbonyl (C=O) groups is 1. The van der Waals surface area contributed by atoms with Crippen LogP contribution in [0.3, 0.4) is 0 Å². The van der Waals surface area contributed by atoms with Crippen molar-refractivity contribution in [3.05, 3.63) is 33.7 Å². The second-order valence-corrected chi connectivity index (χ2v) is 7.17. The second-order valence-electron chi connectivity index (χ2n) is 7.17. The molecule has 1 atom stereocenters. The minimum atomic E-state index is -0.192. The molecule has 1 amide bonds. The fourth-order valence-corrected chi connectivity index (χ4v) is 3.73. The van der Waals surface area contributed by atoms with Crippen LogP contribution in [-0.4, -0.2) is 34.4 Å². The van der Waals surface area contributed by atoms with E-state index in [1.54, 1.807) is 6.20 Å². The van der Waals surface area contributed by atoms with Crippen LogP contribution < -0.4 is 10.9 Å². The highest BCUT2D eigenvalue weighted by molar-refractivity contribution is 5.81. The predicted molar refractivity (Wildman–Crippen MR) is 90.2 cm³/mol. The van der Waals surface area contributed by atoms with Gasteiger partial charge in [0, 0.05) is 30.9 Å². The Morgan fingerprint density at radius 1 is 1.35 bits per heavy atom. The lowest BCUT2D eigenvalue weighted by atomic mass is 9.87. The van der Waals surface area contributed by atoms with Crippen LogP contribution in [0.15, 0.2) is 17.1 Å². The topological polar surface area (TPSA) is 65.2 Å². The number of hydrogen-bond donors (Lipinski definition) is 2. The number of carbonyl (C=O) groups excluding carboxylic acids is 1. The maximum atomic E-state index is 12.6. The molecule has 23 heavy (non-hydrogen) atoms.